The van der Waals surface area contributed by atoms with Gasteiger partial charge in [0, 0.05) is 12.6 Å². The summed E-state index contributed by atoms with van der Waals surface area (Å²) in [6.45, 7) is 8.76. The van der Waals surface area contributed by atoms with Crippen molar-refractivity contribution in [2.45, 2.75) is 52.6 Å². The molecule has 2 heterocycles. The fourth-order valence-corrected chi connectivity index (χ4v) is 3.43. The summed E-state index contributed by atoms with van der Waals surface area (Å²) in [5, 5.41) is 6.76. The Balaban J connectivity index is 1.85. The SMILES string of the molecule is Cc1c(Br)c(C(F)F)nn1CC(=O)N[C@H](C)CN1CCC(C)CC1. The molecule has 1 aliphatic heterocycles. The highest BCUT2D eigenvalue weighted by Gasteiger charge is 2.22. The van der Waals surface area contributed by atoms with Crippen LogP contribution in [0.2, 0.25) is 0 Å². The van der Waals surface area contributed by atoms with Crippen LogP contribution >= 0.6 is 15.9 Å². The van der Waals surface area contributed by atoms with Gasteiger partial charge in [-0.25, -0.2) is 8.78 Å². The molecular formula is C16H25BrF2N4O. The van der Waals surface area contributed by atoms with E-state index in [1.165, 1.54) is 17.5 Å². The van der Waals surface area contributed by atoms with Gasteiger partial charge in [-0.05, 0) is 61.6 Å². The van der Waals surface area contributed by atoms with Crippen molar-refractivity contribution >= 4 is 21.8 Å². The van der Waals surface area contributed by atoms with Gasteiger partial charge >= 0.3 is 0 Å². The van der Waals surface area contributed by atoms with Crippen molar-refractivity contribution in [3.63, 3.8) is 0 Å². The molecule has 1 amide bonds. The second kappa shape index (κ2) is 8.38. The number of halogens is 3. The molecule has 1 aromatic rings. The summed E-state index contributed by atoms with van der Waals surface area (Å²) < 4.78 is 27.3. The lowest BCUT2D eigenvalue weighted by atomic mass is 9.99. The quantitative estimate of drug-likeness (QED) is 0.789. The Labute approximate surface area is 149 Å². The Hall–Kier alpha value is -1.02. The van der Waals surface area contributed by atoms with E-state index in [9.17, 15) is 13.6 Å². The van der Waals surface area contributed by atoms with Crippen LogP contribution in [0, 0.1) is 12.8 Å². The Morgan fingerprint density at radius 3 is 2.58 bits per heavy atom. The molecule has 0 aliphatic carbocycles. The number of piperidine rings is 1. The molecule has 1 N–H and O–H groups in total. The molecule has 5 nitrogen and oxygen atoms in total. The van der Waals surface area contributed by atoms with Gasteiger partial charge in [0.1, 0.15) is 12.2 Å². The van der Waals surface area contributed by atoms with Crippen LogP contribution in [0.4, 0.5) is 8.78 Å². The third-order valence-electron chi connectivity index (χ3n) is 4.47. The second-order valence-corrected chi connectivity index (χ2v) is 7.49. The number of carbonyl (C=O) groups is 1. The van der Waals surface area contributed by atoms with Crippen LogP contribution in [-0.4, -0.2) is 46.3 Å². The molecule has 1 atom stereocenters. The Bertz CT molecular complexity index is 571. The summed E-state index contributed by atoms with van der Waals surface area (Å²) in [5.41, 5.74) is 0.203. The van der Waals surface area contributed by atoms with Crippen LogP contribution in [0.1, 0.15) is 44.5 Å². The molecule has 2 rings (SSSR count). The van der Waals surface area contributed by atoms with E-state index in [-0.39, 0.29) is 28.7 Å². The lowest BCUT2D eigenvalue weighted by Crippen LogP contribution is -2.45. The molecule has 0 spiro atoms. The van der Waals surface area contributed by atoms with Crippen molar-refractivity contribution in [1.29, 1.82) is 0 Å². The van der Waals surface area contributed by atoms with E-state index in [1.807, 2.05) is 6.92 Å². The average Bonchev–Trinajstić information content (AvgIpc) is 2.78. The molecule has 1 aliphatic rings. The summed E-state index contributed by atoms with van der Waals surface area (Å²) in [5.74, 6) is 0.559. The van der Waals surface area contributed by atoms with Crippen LogP contribution in [0.5, 0.6) is 0 Å². The van der Waals surface area contributed by atoms with Gasteiger partial charge in [0.05, 0.1) is 10.2 Å². The normalized spacial score (nSPS) is 18.1. The fraction of sp³-hybridized carbons (Fsp3) is 0.750. The number of hydrogen-bond donors (Lipinski definition) is 1. The highest BCUT2D eigenvalue weighted by Crippen LogP contribution is 2.28. The third kappa shape index (κ3) is 4.99. The van der Waals surface area contributed by atoms with Crippen molar-refractivity contribution in [1.82, 2.24) is 20.0 Å². The lowest BCUT2D eigenvalue weighted by Gasteiger charge is -2.32. The largest absolute Gasteiger partial charge is 0.351 e. The number of hydrogen-bond acceptors (Lipinski definition) is 3. The maximum atomic E-state index is 12.8. The zero-order valence-corrected chi connectivity index (χ0v) is 15.9. The van der Waals surface area contributed by atoms with Crippen molar-refractivity contribution in [2.24, 2.45) is 5.92 Å². The molecular weight excluding hydrogens is 382 g/mol. The first-order valence-corrected chi connectivity index (χ1v) is 9.10. The monoisotopic (exact) mass is 406 g/mol. The number of nitrogens with zero attached hydrogens (tertiary/aromatic N) is 3. The third-order valence-corrected chi connectivity index (χ3v) is 5.45. The van der Waals surface area contributed by atoms with Gasteiger partial charge in [-0.2, -0.15) is 5.10 Å². The van der Waals surface area contributed by atoms with Gasteiger partial charge in [0.15, 0.2) is 0 Å². The number of likely N-dealkylation sites (tertiary alicyclic amines) is 1. The molecule has 0 radical (unpaired) electrons. The Morgan fingerprint density at radius 1 is 1.42 bits per heavy atom. The van der Waals surface area contributed by atoms with Crippen molar-refractivity contribution in [3.8, 4) is 0 Å². The Kier molecular flexibility index (Phi) is 6.74. The minimum atomic E-state index is -2.66. The van der Waals surface area contributed by atoms with Crippen molar-refractivity contribution < 1.29 is 13.6 Å². The zero-order valence-electron chi connectivity index (χ0n) is 14.4. The molecule has 1 aromatic heterocycles. The molecule has 8 heteroatoms. The van der Waals surface area contributed by atoms with E-state index in [4.69, 9.17) is 0 Å². The van der Waals surface area contributed by atoms with E-state index < -0.39 is 6.43 Å². The van der Waals surface area contributed by atoms with E-state index in [0.29, 0.717) is 5.69 Å². The second-order valence-electron chi connectivity index (χ2n) is 6.69. The van der Waals surface area contributed by atoms with Crippen LogP contribution in [-0.2, 0) is 11.3 Å². The molecule has 0 unspecified atom stereocenters. The minimum absolute atomic E-state index is 0.0137. The van der Waals surface area contributed by atoms with Crippen molar-refractivity contribution in [2.75, 3.05) is 19.6 Å². The number of carbonyl (C=O) groups excluding carboxylic acids is 1. The number of amides is 1. The lowest BCUT2D eigenvalue weighted by molar-refractivity contribution is -0.122. The fourth-order valence-electron chi connectivity index (χ4n) is 2.98. The number of rotatable bonds is 6. The van der Waals surface area contributed by atoms with Crippen molar-refractivity contribution in [3.05, 3.63) is 15.9 Å². The standard InChI is InChI=1S/C16H25BrF2N4O/c1-10-4-6-22(7-5-10)8-11(2)20-13(24)9-23-12(3)14(17)15(21-23)16(18)19/h10-11,16H,4-9H2,1-3H3,(H,20,24)/t11-/m1/s1. The number of aromatic nitrogens is 2. The summed E-state index contributed by atoms with van der Waals surface area (Å²) in [7, 11) is 0. The van der Waals surface area contributed by atoms with E-state index in [1.54, 1.807) is 6.92 Å². The first-order chi connectivity index (χ1) is 11.3. The van der Waals surface area contributed by atoms with Crippen LogP contribution in [0.25, 0.3) is 0 Å². The smallest absolute Gasteiger partial charge is 0.283 e. The van der Waals surface area contributed by atoms with Crippen LogP contribution in [0.15, 0.2) is 4.47 Å². The Morgan fingerprint density at radius 2 is 2.04 bits per heavy atom. The first-order valence-electron chi connectivity index (χ1n) is 8.30. The highest BCUT2D eigenvalue weighted by atomic mass is 79.9. The molecule has 1 fully saturated rings. The van der Waals surface area contributed by atoms with Gasteiger partial charge < -0.3 is 10.2 Å². The molecule has 0 saturated carbocycles. The summed E-state index contributed by atoms with van der Waals surface area (Å²) in [6, 6.07) is 0.0137. The van der Waals surface area contributed by atoms with E-state index in [2.05, 4.69) is 38.2 Å². The average molecular weight is 407 g/mol. The molecule has 24 heavy (non-hydrogen) atoms. The van der Waals surface area contributed by atoms with Gasteiger partial charge in [0.2, 0.25) is 5.91 Å². The first kappa shape index (κ1) is 19.3. The van der Waals surface area contributed by atoms with E-state index in [0.717, 1.165) is 25.6 Å². The van der Waals surface area contributed by atoms with Gasteiger partial charge in [-0.15, -0.1) is 0 Å². The van der Waals surface area contributed by atoms with Gasteiger partial charge in [-0.1, -0.05) is 6.92 Å². The number of alkyl halides is 2. The summed E-state index contributed by atoms with van der Waals surface area (Å²) >= 11 is 3.11. The van der Waals surface area contributed by atoms with Gasteiger partial charge in [-0.3, -0.25) is 9.48 Å². The molecule has 0 aromatic carbocycles. The topological polar surface area (TPSA) is 50.2 Å². The molecule has 1 saturated heterocycles. The predicted molar refractivity (Wildman–Crippen MR) is 92.1 cm³/mol. The minimum Gasteiger partial charge on any atom is -0.351 e. The predicted octanol–water partition coefficient (Wildman–Crippen LogP) is 3.13. The van der Waals surface area contributed by atoms with Gasteiger partial charge in [0.25, 0.3) is 6.43 Å². The summed E-state index contributed by atoms with van der Waals surface area (Å²) in [4.78, 5) is 14.5. The highest BCUT2D eigenvalue weighted by molar-refractivity contribution is 9.10. The molecule has 0 bridgehead atoms. The summed E-state index contributed by atoms with van der Waals surface area (Å²) in [6.07, 6.45) is -0.280. The van der Waals surface area contributed by atoms with Crippen LogP contribution in [0.3, 0.4) is 0 Å². The molecule has 136 valence electrons. The number of nitrogens with one attached hydrogen (secondary N) is 1. The van der Waals surface area contributed by atoms with Crippen LogP contribution < -0.4 is 5.32 Å². The maximum absolute atomic E-state index is 12.8. The zero-order chi connectivity index (χ0) is 17.9. The van der Waals surface area contributed by atoms with E-state index >= 15 is 0 Å². The maximum Gasteiger partial charge on any atom is 0.283 e.